The Kier molecular flexibility index (Phi) is 2.47. The summed E-state index contributed by atoms with van der Waals surface area (Å²) in [5.74, 6) is 0. The van der Waals surface area contributed by atoms with E-state index >= 15 is 0 Å². The molecule has 15 heavy (non-hydrogen) atoms. The Hall–Kier alpha value is -0.860. The van der Waals surface area contributed by atoms with Gasteiger partial charge >= 0.3 is 0 Å². The number of likely N-dealkylation sites (tertiary alicyclic amines) is 1. The first kappa shape index (κ1) is 9.37. The number of hydrogen-bond acceptors (Lipinski definition) is 2. The van der Waals surface area contributed by atoms with Gasteiger partial charge in [-0.25, -0.2) is 0 Å². The van der Waals surface area contributed by atoms with Crippen molar-refractivity contribution in [1.29, 1.82) is 0 Å². The molecule has 2 nitrogen and oxygen atoms in total. The van der Waals surface area contributed by atoms with E-state index in [9.17, 15) is 0 Å². The van der Waals surface area contributed by atoms with Crippen LogP contribution in [0.25, 0.3) is 0 Å². The van der Waals surface area contributed by atoms with Gasteiger partial charge < -0.3 is 4.74 Å². The molecule has 0 N–H and O–H groups in total. The van der Waals surface area contributed by atoms with Crippen molar-refractivity contribution in [3.8, 4) is 0 Å². The molecule has 0 amide bonds. The normalized spacial score (nSPS) is 30.7. The highest BCUT2D eigenvalue weighted by molar-refractivity contribution is 5.15. The van der Waals surface area contributed by atoms with E-state index in [1.54, 1.807) is 0 Å². The van der Waals surface area contributed by atoms with Gasteiger partial charge in [-0.2, -0.15) is 0 Å². The zero-order chi connectivity index (χ0) is 10.1. The number of rotatable bonds is 3. The summed E-state index contributed by atoms with van der Waals surface area (Å²) < 4.78 is 5.42. The summed E-state index contributed by atoms with van der Waals surface area (Å²) in [6, 6.07) is 11.4. The van der Waals surface area contributed by atoms with Gasteiger partial charge in [0.25, 0.3) is 0 Å². The molecular formula is C13H17NO. The van der Waals surface area contributed by atoms with Gasteiger partial charge in [-0.15, -0.1) is 0 Å². The van der Waals surface area contributed by atoms with E-state index in [0.717, 1.165) is 13.2 Å². The van der Waals surface area contributed by atoms with Gasteiger partial charge in [0.05, 0.1) is 12.7 Å². The average molecular weight is 203 g/mol. The molecule has 1 unspecified atom stereocenters. The molecule has 2 heterocycles. The van der Waals surface area contributed by atoms with Gasteiger partial charge in [0, 0.05) is 12.6 Å². The van der Waals surface area contributed by atoms with Gasteiger partial charge in [-0.1, -0.05) is 30.3 Å². The van der Waals surface area contributed by atoms with Gasteiger partial charge in [0.2, 0.25) is 0 Å². The van der Waals surface area contributed by atoms with Crippen LogP contribution in [0.4, 0.5) is 0 Å². The molecule has 2 heteroatoms. The third-order valence-electron chi connectivity index (χ3n) is 3.43. The largest absolute Gasteiger partial charge is 0.371 e. The van der Waals surface area contributed by atoms with Crippen molar-refractivity contribution >= 4 is 0 Å². The lowest BCUT2D eigenvalue weighted by Gasteiger charge is -2.22. The Labute approximate surface area is 90.8 Å². The second-order valence-electron chi connectivity index (χ2n) is 4.54. The van der Waals surface area contributed by atoms with Crippen LogP contribution in [-0.2, 0) is 11.3 Å². The maximum atomic E-state index is 5.42. The van der Waals surface area contributed by atoms with Crippen molar-refractivity contribution in [2.24, 2.45) is 0 Å². The molecule has 1 aromatic carbocycles. The van der Waals surface area contributed by atoms with Crippen LogP contribution in [-0.4, -0.2) is 30.2 Å². The predicted octanol–water partition coefficient (Wildman–Crippen LogP) is 2.05. The molecule has 80 valence electrons. The van der Waals surface area contributed by atoms with Crippen molar-refractivity contribution in [3.05, 3.63) is 35.9 Å². The van der Waals surface area contributed by atoms with Crippen LogP contribution in [0.1, 0.15) is 18.4 Å². The second-order valence-corrected chi connectivity index (χ2v) is 4.54. The van der Waals surface area contributed by atoms with Crippen LogP contribution in [0.15, 0.2) is 30.3 Å². The summed E-state index contributed by atoms with van der Waals surface area (Å²) in [6.45, 7) is 3.31. The first-order chi connectivity index (χ1) is 7.43. The Morgan fingerprint density at radius 2 is 2.07 bits per heavy atom. The third kappa shape index (κ3) is 2.06. The molecule has 2 atom stereocenters. The van der Waals surface area contributed by atoms with E-state index in [1.165, 1.54) is 24.9 Å². The third-order valence-corrected chi connectivity index (χ3v) is 3.43. The molecule has 0 radical (unpaired) electrons. The predicted molar refractivity (Wildman–Crippen MR) is 59.6 cm³/mol. The average Bonchev–Trinajstić information content (AvgIpc) is 3.02. The molecule has 2 aliphatic heterocycles. The molecule has 2 fully saturated rings. The molecule has 0 aromatic heterocycles. The maximum absolute atomic E-state index is 5.42. The van der Waals surface area contributed by atoms with Crippen LogP contribution < -0.4 is 0 Å². The lowest BCUT2D eigenvalue weighted by molar-refractivity contribution is 0.201. The minimum absolute atomic E-state index is 0.538. The topological polar surface area (TPSA) is 15.8 Å². The Morgan fingerprint density at radius 1 is 1.27 bits per heavy atom. The van der Waals surface area contributed by atoms with E-state index in [4.69, 9.17) is 4.74 Å². The van der Waals surface area contributed by atoms with E-state index < -0.39 is 0 Å². The molecule has 0 aliphatic carbocycles. The first-order valence-corrected chi connectivity index (χ1v) is 5.83. The van der Waals surface area contributed by atoms with Gasteiger partial charge in [-0.3, -0.25) is 4.90 Å². The lowest BCUT2D eigenvalue weighted by Crippen LogP contribution is -2.33. The monoisotopic (exact) mass is 203 g/mol. The van der Waals surface area contributed by atoms with Crippen molar-refractivity contribution in [3.63, 3.8) is 0 Å². The zero-order valence-corrected chi connectivity index (χ0v) is 8.93. The first-order valence-electron chi connectivity index (χ1n) is 5.83. The van der Waals surface area contributed by atoms with Crippen LogP contribution in [0.5, 0.6) is 0 Å². The van der Waals surface area contributed by atoms with Crippen LogP contribution in [0, 0.1) is 0 Å². The molecular weight excluding hydrogens is 186 g/mol. The number of nitrogens with zero attached hydrogens (tertiary/aromatic N) is 1. The maximum Gasteiger partial charge on any atom is 0.0964 e. The molecule has 0 saturated carbocycles. The van der Waals surface area contributed by atoms with Gasteiger partial charge in [0.15, 0.2) is 0 Å². The number of epoxide rings is 1. The zero-order valence-electron chi connectivity index (χ0n) is 8.93. The van der Waals surface area contributed by atoms with E-state index in [-0.39, 0.29) is 0 Å². The van der Waals surface area contributed by atoms with Crippen molar-refractivity contribution in [2.75, 3.05) is 13.2 Å². The summed E-state index contributed by atoms with van der Waals surface area (Å²) in [7, 11) is 0. The van der Waals surface area contributed by atoms with E-state index in [1.807, 2.05) is 0 Å². The minimum atomic E-state index is 0.538. The summed E-state index contributed by atoms with van der Waals surface area (Å²) >= 11 is 0. The highest BCUT2D eigenvalue weighted by Crippen LogP contribution is 2.29. The van der Waals surface area contributed by atoms with Crippen LogP contribution in [0.3, 0.4) is 0 Å². The Morgan fingerprint density at radius 3 is 2.80 bits per heavy atom. The molecule has 2 aliphatic rings. The van der Waals surface area contributed by atoms with Crippen molar-refractivity contribution < 1.29 is 4.74 Å². The quantitative estimate of drug-likeness (QED) is 0.699. The minimum Gasteiger partial charge on any atom is -0.371 e. The lowest BCUT2D eigenvalue weighted by atomic mass is 10.1. The fourth-order valence-corrected chi connectivity index (χ4v) is 2.56. The molecule has 2 saturated heterocycles. The second kappa shape index (κ2) is 3.95. The number of ether oxygens (including phenoxy) is 1. The van der Waals surface area contributed by atoms with Crippen molar-refractivity contribution in [2.45, 2.75) is 31.5 Å². The van der Waals surface area contributed by atoms with Crippen LogP contribution >= 0.6 is 0 Å². The summed E-state index contributed by atoms with van der Waals surface area (Å²) in [6.07, 6.45) is 3.19. The fraction of sp³-hybridized carbons (Fsp3) is 0.538. The van der Waals surface area contributed by atoms with E-state index in [0.29, 0.717) is 12.1 Å². The summed E-state index contributed by atoms with van der Waals surface area (Å²) in [4.78, 5) is 2.58. The molecule has 1 aromatic rings. The standard InChI is InChI=1S/C13H17NO/c1-2-5-11(6-3-1)9-14-8-4-7-12(14)13-10-15-13/h1-3,5-6,12-13H,4,7-10H2/t12?,13-/m1/s1. The highest BCUT2D eigenvalue weighted by Gasteiger charge is 2.39. The fourth-order valence-electron chi connectivity index (χ4n) is 2.56. The Bertz CT molecular complexity index is 321. The van der Waals surface area contributed by atoms with E-state index in [2.05, 4.69) is 35.2 Å². The van der Waals surface area contributed by atoms with Gasteiger partial charge in [0.1, 0.15) is 0 Å². The van der Waals surface area contributed by atoms with Crippen molar-refractivity contribution in [1.82, 2.24) is 4.90 Å². The summed E-state index contributed by atoms with van der Waals surface area (Å²) in [5.41, 5.74) is 1.42. The highest BCUT2D eigenvalue weighted by atomic mass is 16.6. The molecule has 0 spiro atoms. The van der Waals surface area contributed by atoms with Gasteiger partial charge in [-0.05, 0) is 24.9 Å². The number of benzene rings is 1. The summed E-state index contributed by atoms with van der Waals surface area (Å²) in [5, 5.41) is 0. The molecule has 0 bridgehead atoms. The Balaban J connectivity index is 1.67. The molecule has 3 rings (SSSR count). The SMILES string of the molecule is c1ccc(CN2CCCC2[C@H]2CO2)cc1. The number of hydrogen-bond donors (Lipinski definition) is 0. The smallest absolute Gasteiger partial charge is 0.0964 e. The van der Waals surface area contributed by atoms with Crippen LogP contribution in [0.2, 0.25) is 0 Å².